The molecular weight excluding hydrogens is 214 g/mol. The van der Waals surface area contributed by atoms with E-state index >= 15 is 0 Å². The molecule has 0 N–H and O–H groups in total. The maximum Gasteiger partial charge on any atom is 0.170 e. The van der Waals surface area contributed by atoms with Gasteiger partial charge >= 0.3 is 0 Å². The molecule has 1 aliphatic rings. The van der Waals surface area contributed by atoms with Crippen LogP contribution >= 0.6 is 0 Å². The lowest BCUT2D eigenvalue weighted by molar-refractivity contribution is -0.149. The second-order valence-electron chi connectivity index (χ2n) is 5.22. The van der Waals surface area contributed by atoms with Crippen molar-refractivity contribution in [2.24, 2.45) is 11.8 Å². The first-order valence-corrected chi connectivity index (χ1v) is 7.12. The lowest BCUT2D eigenvalue weighted by Gasteiger charge is -2.35. The molecule has 1 heterocycles. The Balaban J connectivity index is 2.27. The smallest absolute Gasteiger partial charge is 0.170 e. The van der Waals surface area contributed by atoms with Crippen LogP contribution in [0.25, 0.3) is 0 Å². The monoisotopic (exact) mass is 243 g/mol. The van der Waals surface area contributed by atoms with E-state index in [2.05, 4.69) is 18.7 Å². The summed E-state index contributed by atoms with van der Waals surface area (Å²) in [5, 5.41) is 0. The molecule has 3 nitrogen and oxygen atoms in total. The highest BCUT2D eigenvalue weighted by Crippen LogP contribution is 2.24. The van der Waals surface area contributed by atoms with Gasteiger partial charge in [-0.1, -0.05) is 13.8 Å². The van der Waals surface area contributed by atoms with Crippen molar-refractivity contribution in [2.75, 3.05) is 32.8 Å². The summed E-state index contributed by atoms with van der Waals surface area (Å²) in [6, 6.07) is 0. The fourth-order valence-corrected chi connectivity index (χ4v) is 2.54. The number of hydrogen-bond acceptors (Lipinski definition) is 3. The maximum atomic E-state index is 5.60. The molecule has 3 heteroatoms. The summed E-state index contributed by atoms with van der Waals surface area (Å²) in [5.41, 5.74) is 0. The minimum Gasteiger partial charge on any atom is -0.352 e. The van der Waals surface area contributed by atoms with Gasteiger partial charge in [-0.25, -0.2) is 0 Å². The predicted molar refractivity (Wildman–Crippen MR) is 71.0 cm³/mol. The molecule has 0 aromatic carbocycles. The molecule has 1 fully saturated rings. The minimum atomic E-state index is -0.0411. The van der Waals surface area contributed by atoms with Crippen molar-refractivity contribution in [1.82, 2.24) is 4.90 Å². The molecule has 0 atom stereocenters. The molecule has 0 aromatic heterocycles. The van der Waals surface area contributed by atoms with Gasteiger partial charge in [-0.2, -0.15) is 0 Å². The Hall–Kier alpha value is -0.120. The Labute approximate surface area is 106 Å². The van der Waals surface area contributed by atoms with Crippen LogP contribution in [-0.2, 0) is 9.47 Å². The number of hydrogen-bond donors (Lipinski definition) is 0. The Morgan fingerprint density at radius 3 is 2.00 bits per heavy atom. The summed E-state index contributed by atoms with van der Waals surface area (Å²) in [6.45, 7) is 13.5. The first kappa shape index (κ1) is 14.9. The molecule has 0 unspecified atom stereocenters. The van der Waals surface area contributed by atoms with Gasteiger partial charge in [0.05, 0.1) is 0 Å². The van der Waals surface area contributed by atoms with E-state index in [4.69, 9.17) is 9.47 Å². The van der Waals surface area contributed by atoms with Crippen LogP contribution in [0.1, 0.15) is 40.5 Å². The first-order valence-electron chi connectivity index (χ1n) is 7.12. The van der Waals surface area contributed by atoms with Gasteiger partial charge in [0.15, 0.2) is 6.29 Å². The van der Waals surface area contributed by atoms with E-state index < -0.39 is 0 Å². The second-order valence-corrected chi connectivity index (χ2v) is 5.22. The summed E-state index contributed by atoms with van der Waals surface area (Å²) in [4.78, 5) is 2.48. The van der Waals surface area contributed by atoms with Crippen LogP contribution < -0.4 is 0 Å². The molecule has 1 saturated heterocycles. The largest absolute Gasteiger partial charge is 0.352 e. The minimum absolute atomic E-state index is 0.0411. The Morgan fingerprint density at radius 2 is 1.59 bits per heavy atom. The van der Waals surface area contributed by atoms with Crippen LogP contribution in [0.5, 0.6) is 0 Å². The normalized spacial score (nSPS) is 19.4. The molecular formula is C14H29NO2. The third-order valence-electron chi connectivity index (χ3n) is 3.69. The molecule has 17 heavy (non-hydrogen) atoms. The molecule has 1 aliphatic heterocycles. The van der Waals surface area contributed by atoms with Gasteiger partial charge in [-0.05, 0) is 51.6 Å². The number of likely N-dealkylation sites (tertiary alicyclic amines) is 1. The van der Waals surface area contributed by atoms with Crippen molar-refractivity contribution in [2.45, 2.75) is 46.8 Å². The molecule has 0 amide bonds. The van der Waals surface area contributed by atoms with Crippen LogP contribution in [-0.4, -0.2) is 44.0 Å². The quantitative estimate of drug-likeness (QED) is 0.642. The molecule has 0 saturated carbocycles. The zero-order valence-electron chi connectivity index (χ0n) is 11.9. The number of rotatable bonds is 7. The summed E-state index contributed by atoms with van der Waals surface area (Å²) < 4.78 is 11.2. The summed E-state index contributed by atoms with van der Waals surface area (Å²) >= 11 is 0. The van der Waals surface area contributed by atoms with Crippen molar-refractivity contribution >= 4 is 0 Å². The standard InChI is InChI=1S/C14H29NO2/c1-5-16-14(17-6-2)11-15-9-7-13(8-10-15)12(3)4/h12-14H,5-11H2,1-4H3. The molecule has 1 rings (SSSR count). The zero-order valence-corrected chi connectivity index (χ0v) is 11.9. The molecule has 0 bridgehead atoms. The van der Waals surface area contributed by atoms with Gasteiger partial charge in [0, 0.05) is 19.8 Å². The van der Waals surface area contributed by atoms with E-state index in [9.17, 15) is 0 Å². The second kappa shape index (κ2) is 8.06. The first-order chi connectivity index (χ1) is 8.17. The van der Waals surface area contributed by atoms with Crippen LogP contribution in [0.15, 0.2) is 0 Å². The van der Waals surface area contributed by atoms with E-state index in [-0.39, 0.29) is 6.29 Å². The van der Waals surface area contributed by atoms with E-state index in [1.807, 2.05) is 13.8 Å². The van der Waals surface area contributed by atoms with Crippen LogP contribution in [0.3, 0.4) is 0 Å². The Bertz CT molecular complexity index is 183. The summed E-state index contributed by atoms with van der Waals surface area (Å²) in [7, 11) is 0. The fraction of sp³-hybridized carbons (Fsp3) is 1.00. The lowest BCUT2D eigenvalue weighted by Crippen LogP contribution is -2.41. The molecule has 0 aromatic rings. The van der Waals surface area contributed by atoms with Gasteiger partial charge in [-0.15, -0.1) is 0 Å². The van der Waals surface area contributed by atoms with Gasteiger partial charge in [0.25, 0.3) is 0 Å². The van der Waals surface area contributed by atoms with Gasteiger partial charge in [0.1, 0.15) is 0 Å². The van der Waals surface area contributed by atoms with E-state index in [1.54, 1.807) is 0 Å². The van der Waals surface area contributed by atoms with Gasteiger partial charge in [-0.3, -0.25) is 4.90 Å². The fourth-order valence-electron chi connectivity index (χ4n) is 2.54. The van der Waals surface area contributed by atoms with Crippen LogP contribution in [0.2, 0.25) is 0 Å². The highest BCUT2D eigenvalue weighted by molar-refractivity contribution is 4.74. The van der Waals surface area contributed by atoms with Crippen molar-refractivity contribution in [1.29, 1.82) is 0 Å². The topological polar surface area (TPSA) is 21.7 Å². The van der Waals surface area contributed by atoms with Crippen molar-refractivity contribution in [3.05, 3.63) is 0 Å². The highest BCUT2D eigenvalue weighted by Gasteiger charge is 2.23. The molecule has 0 aliphatic carbocycles. The van der Waals surface area contributed by atoms with Gasteiger partial charge < -0.3 is 9.47 Å². The predicted octanol–water partition coefficient (Wildman–Crippen LogP) is 2.75. The van der Waals surface area contributed by atoms with E-state index in [0.29, 0.717) is 0 Å². The third-order valence-corrected chi connectivity index (χ3v) is 3.69. The number of piperidine rings is 1. The van der Waals surface area contributed by atoms with Crippen LogP contribution in [0.4, 0.5) is 0 Å². The molecule has 0 spiro atoms. The average Bonchev–Trinajstić information content (AvgIpc) is 2.30. The van der Waals surface area contributed by atoms with Crippen LogP contribution in [0, 0.1) is 11.8 Å². The van der Waals surface area contributed by atoms with E-state index in [1.165, 1.54) is 25.9 Å². The Morgan fingerprint density at radius 1 is 1.06 bits per heavy atom. The number of nitrogens with zero attached hydrogens (tertiary/aromatic N) is 1. The lowest BCUT2D eigenvalue weighted by atomic mass is 9.87. The van der Waals surface area contributed by atoms with Gasteiger partial charge in [0.2, 0.25) is 0 Å². The zero-order chi connectivity index (χ0) is 12.7. The van der Waals surface area contributed by atoms with Crippen molar-refractivity contribution < 1.29 is 9.47 Å². The maximum absolute atomic E-state index is 5.60. The number of ether oxygens (including phenoxy) is 2. The van der Waals surface area contributed by atoms with Crippen molar-refractivity contribution in [3.63, 3.8) is 0 Å². The van der Waals surface area contributed by atoms with E-state index in [0.717, 1.165) is 31.6 Å². The third kappa shape index (κ3) is 5.36. The SMILES string of the molecule is CCOC(CN1CCC(C(C)C)CC1)OCC. The van der Waals surface area contributed by atoms with Crippen molar-refractivity contribution in [3.8, 4) is 0 Å². The molecule has 102 valence electrons. The molecule has 0 radical (unpaired) electrons. The summed E-state index contributed by atoms with van der Waals surface area (Å²) in [5.74, 6) is 1.73. The Kier molecular flexibility index (Phi) is 7.09. The highest BCUT2D eigenvalue weighted by atomic mass is 16.7. The summed E-state index contributed by atoms with van der Waals surface area (Å²) in [6.07, 6.45) is 2.60. The average molecular weight is 243 g/mol.